The van der Waals surface area contributed by atoms with E-state index < -0.39 is 0 Å². The van der Waals surface area contributed by atoms with E-state index in [0.29, 0.717) is 18.4 Å². The maximum Gasteiger partial charge on any atom is 0.258 e. The number of nitrogens with one attached hydrogen (secondary N) is 1. The Morgan fingerprint density at radius 2 is 2.00 bits per heavy atom. The van der Waals surface area contributed by atoms with Crippen molar-refractivity contribution in [2.24, 2.45) is 5.92 Å². The van der Waals surface area contributed by atoms with Crippen LogP contribution in [-0.4, -0.2) is 43.3 Å². The molecule has 1 aromatic carbocycles. The maximum atomic E-state index is 5.70. The van der Waals surface area contributed by atoms with E-state index in [0.717, 1.165) is 36.5 Å². The molecule has 1 aliphatic rings. The zero-order chi connectivity index (χ0) is 14.7. The number of benzene rings is 1. The fourth-order valence-corrected chi connectivity index (χ4v) is 2.80. The molecule has 6 heteroatoms. The van der Waals surface area contributed by atoms with E-state index in [1.165, 1.54) is 6.42 Å². The van der Waals surface area contributed by atoms with Crippen molar-refractivity contribution in [1.82, 2.24) is 15.3 Å². The molecule has 1 saturated heterocycles. The van der Waals surface area contributed by atoms with E-state index in [2.05, 4.69) is 22.2 Å². The van der Waals surface area contributed by atoms with E-state index in [-0.39, 0.29) is 12.4 Å². The first kappa shape index (κ1) is 16.8. The molecule has 1 fully saturated rings. The standard InChI is InChI=1S/C16H22N4O.ClH/c1-3-21-16-15(20(2)11-12-8-9-17-10-12)18-13-6-4-5-7-14(13)19-16;/h4-7,12,17H,3,8-11H2,1-2H3;1H. The number of hydrogen-bond donors (Lipinski definition) is 1. The number of nitrogens with zero attached hydrogens (tertiary/aromatic N) is 3. The van der Waals surface area contributed by atoms with Crippen molar-refractivity contribution in [2.45, 2.75) is 13.3 Å². The van der Waals surface area contributed by atoms with Gasteiger partial charge in [-0.05, 0) is 44.5 Å². The van der Waals surface area contributed by atoms with Gasteiger partial charge in [0.15, 0.2) is 5.82 Å². The average molecular weight is 323 g/mol. The second kappa shape index (κ2) is 7.61. The predicted octanol–water partition coefficient (Wildman–Crippen LogP) is 2.50. The lowest BCUT2D eigenvalue weighted by molar-refractivity contribution is 0.327. The van der Waals surface area contributed by atoms with Gasteiger partial charge in [0.1, 0.15) is 0 Å². The van der Waals surface area contributed by atoms with Crippen LogP contribution in [0.1, 0.15) is 13.3 Å². The molecule has 2 aromatic rings. The third-order valence-electron chi connectivity index (χ3n) is 3.86. The van der Waals surface area contributed by atoms with Crippen LogP contribution in [0.3, 0.4) is 0 Å². The third-order valence-corrected chi connectivity index (χ3v) is 3.86. The van der Waals surface area contributed by atoms with Gasteiger partial charge >= 0.3 is 0 Å². The summed E-state index contributed by atoms with van der Waals surface area (Å²) in [5.41, 5.74) is 1.79. The highest BCUT2D eigenvalue weighted by Gasteiger charge is 2.20. The van der Waals surface area contributed by atoms with E-state index >= 15 is 0 Å². The Morgan fingerprint density at radius 3 is 2.64 bits per heavy atom. The first-order valence-corrected chi connectivity index (χ1v) is 7.59. The average Bonchev–Trinajstić information content (AvgIpc) is 2.99. The van der Waals surface area contributed by atoms with Gasteiger partial charge in [-0.15, -0.1) is 12.4 Å². The van der Waals surface area contributed by atoms with Crippen molar-refractivity contribution < 1.29 is 4.74 Å². The predicted molar refractivity (Wildman–Crippen MR) is 92.2 cm³/mol. The number of fused-ring (bicyclic) bond motifs is 1. The summed E-state index contributed by atoms with van der Waals surface area (Å²) in [6.07, 6.45) is 1.22. The molecule has 1 N–H and O–H groups in total. The molecular formula is C16H23ClN4O. The number of para-hydroxylation sites is 2. The van der Waals surface area contributed by atoms with Crippen molar-refractivity contribution in [3.05, 3.63) is 24.3 Å². The van der Waals surface area contributed by atoms with Crippen LogP contribution in [0.2, 0.25) is 0 Å². The zero-order valence-corrected chi connectivity index (χ0v) is 13.9. The Balaban J connectivity index is 0.00000176. The molecule has 0 amide bonds. The number of aromatic nitrogens is 2. The number of ether oxygens (including phenoxy) is 1. The lowest BCUT2D eigenvalue weighted by Gasteiger charge is -2.23. The highest BCUT2D eigenvalue weighted by molar-refractivity contribution is 5.85. The summed E-state index contributed by atoms with van der Waals surface area (Å²) < 4.78 is 5.70. The number of halogens is 1. The van der Waals surface area contributed by atoms with Crippen LogP contribution >= 0.6 is 12.4 Å². The van der Waals surface area contributed by atoms with E-state index in [1.807, 2.05) is 31.2 Å². The molecule has 5 nitrogen and oxygen atoms in total. The van der Waals surface area contributed by atoms with Crippen molar-refractivity contribution in [1.29, 1.82) is 0 Å². The van der Waals surface area contributed by atoms with Crippen LogP contribution in [0.15, 0.2) is 24.3 Å². The van der Waals surface area contributed by atoms with Gasteiger partial charge in [0.05, 0.1) is 17.6 Å². The third kappa shape index (κ3) is 3.59. The summed E-state index contributed by atoms with van der Waals surface area (Å²) >= 11 is 0. The molecule has 0 saturated carbocycles. The number of anilines is 1. The van der Waals surface area contributed by atoms with Crippen molar-refractivity contribution in [3.63, 3.8) is 0 Å². The fourth-order valence-electron chi connectivity index (χ4n) is 2.80. The molecule has 0 aliphatic carbocycles. The van der Waals surface area contributed by atoms with Crippen molar-refractivity contribution in [3.8, 4) is 5.88 Å². The molecule has 1 atom stereocenters. The Hall–Kier alpha value is -1.59. The fraction of sp³-hybridized carbons (Fsp3) is 0.500. The van der Waals surface area contributed by atoms with Gasteiger partial charge < -0.3 is 15.0 Å². The maximum absolute atomic E-state index is 5.70. The minimum atomic E-state index is 0. The summed E-state index contributed by atoms with van der Waals surface area (Å²) in [4.78, 5) is 11.5. The Labute approximate surface area is 137 Å². The van der Waals surface area contributed by atoms with Crippen molar-refractivity contribution in [2.75, 3.05) is 38.2 Å². The smallest absolute Gasteiger partial charge is 0.258 e. The number of hydrogen-bond acceptors (Lipinski definition) is 5. The second-order valence-electron chi connectivity index (χ2n) is 5.51. The second-order valence-corrected chi connectivity index (χ2v) is 5.51. The molecule has 22 heavy (non-hydrogen) atoms. The Kier molecular flexibility index (Phi) is 5.80. The Morgan fingerprint density at radius 1 is 1.27 bits per heavy atom. The van der Waals surface area contributed by atoms with Gasteiger partial charge in [-0.1, -0.05) is 12.1 Å². The molecule has 3 rings (SSSR count). The van der Waals surface area contributed by atoms with Gasteiger partial charge in [-0.2, -0.15) is 0 Å². The normalized spacial score (nSPS) is 17.3. The summed E-state index contributed by atoms with van der Waals surface area (Å²) in [5, 5.41) is 3.40. The molecule has 2 heterocycles. The van der Waals surface area contributed by atoms with Crippen LogP contribution in [-0.2, 0) is 0 Å². The minimum absolute atomic E-state index is 0. The van der Waals surface area contributed by atoms with Gasteiger partial charge in [0.2, 0.25) is 0 Å². The van der Waals surface area contributed by atoms with E-state index in [4.69, 9.17) is 9.72 Å². The Bertz CT molecular complexity index is 616. The van der Waals surface area contributed by atoms with E-state index in [9.17, 15) is 0 Å². The molecule has 1 unspecified atom stereocenters. The van der Waals surface area contributed by atoms with Crippen LogP contribution in [0.25, 0.3) is 11.0 Å². The topological polar surface area (TPSA) is 50.3 Å². The minimum Gasteiger partial charge on any atom is -0.475 e. The molecule has 1 aliphatic heterocycles. The van der Waals surface area contributed by atoms with Gasteiger partial charge in [-0.3, -0.25) is 0 Å². The number of rotatable bonds is 5. The molecular weight excluding hydrogens is 300 g/mol. The summed E-state index contributed by atoms with van der Waals surface area (Å²) in [6, 6.07) is 7.92. The molecule has 0 spiro atoms. The van der Waals surface area contributed by atoms with E-state index in [1.54, 1.807) is 0 Å². The van der Waals surface area contributed by atoms with Gasteiger partial charge in [-0.25, -0.2) is 9.97 Å². The van der Waals surface area contributed by atoms with Gasteiger partial charge in [0.25, 0.3) is 5.88 Å². The van der Waals surface area contributed by atoms with Crippen molar-refractivity contribution >= 4 is 29.3 Å². The van der Waals surface area contributed by atoms with Crippen LogP contribution in [0.4, 0.5) is 5.82 Å². The van der Waals surface area contributed by atoms with Gasteiger partial charge in [0, 0.05) is 13.6 Å². The highest BCUT2D eigenvalue weighted by Crippen LogP contribution is 2.27. The SMILES string of the molecule is CCOc1nc2ccccc2nc1N(C)CC1CCNC1.Cl. The summed E-state index contributed by atoms with van der Waals surface area (Å²) in [5.74, 6) is 2.13. The molecule has 1 aromatic heterocycles. The largest absolute Gasteiger partial charge is 0.475 e. The molecule has 0 radical (unpaired) electrons. The first-order chi connectivity index (χ1) is 10.3. The quantitative estimate of drug-likeness (QED) is 0.916. The monoisotopic (exact) mass is 322 g/mol. The molecule has 120 valence electrons. The summed E-state index contributed by atoms with van der Waals surface area (Å²) in [7, 11) is 2.07. The zero-order valence-electron chi connectivity index (χ0n) is 13.1. The first-order valence-electron chi connectivity index (χ1n) is 7.59. The van der Waals surface area contributed by atoms with Crippen LogP contribution in [0, 0.1) is 5.92 Å². The van der Waals surface area contributed by atoms with Crippen LogP contribution < -0.4 is 15.0 Å². The summed E-state index contributed by atoms with van der Waals surface area (Å²) in [6.45, 7) is 5.73. The lowest BCUT2D eigenvalue weighted by Crippen LogP contribution is -2.28. The molecule has 0 bridgehead atoms. The highest BCUT2D eigenvalue weighted by atomic mass is 35.5. The lowest BCUT2D eigenvalue weighted by atomic mass is 10.1. The van der Waals surface area contributed by atoms with Crippen LogP contribution in [0.5, 0.6) is 5.88 Å².